The van der Waals surface area contributed by atoms with Crippen molar-refractivity contribution in [2.24, 2.45) is 0 Å². The van der Waals surface area contributed by atoms with Crippen molar-refractivity contribution in [2.45, 2.75) is 0 Å². The van der Waals surface area contributed by atoms with E-state index in [1.165, 1.54) is 0 Å². The summed E-state index contributed by atoms with van der Waals surface area (Å²) in [6.45, 7) is 0. The molecule has 0 unspecified atom stereocenters. The fourth-order valence-corrected chi connectivity index (χ4v) is 0.794. The molecule has 0 fully saturated rings. The van der Waals surface area contributed by atoms with Crippen molar-refractivity contribution in [3.8, 4) is 5.75 Å². The van der Waals surface area contributed by atoms with Crippen molar-refractivity contribution >= 4 is 36.6 Å². The number of benzene rings is 1. The lowest BCUT2D eigenvalue weighted by atomic mass is 10.2. The summed E-state index contributed by atoms with van der Waals surface area (Å²) in [6.07, 6.45) is 0. The van der Waals surface area contributed by atoms with Crippen molar-refractivity contribution in [2.75, 3.05) is 0 Å². The van der Waals surface area contributed by atoms with Gasteiger partial charge in [-0.1, -0.05) is 0 Å². The molecule has 1 aromatic rings. The van der Waals surface area contributed by atoms with Crippen molar-refractivity contribution in [3.63, 3.8) is 0 Å². The molecule has 0 spiro atoms. The maximum Gasteiger partial charge on any atom is 0.707 e. The molecule has 0 radical (unpaired) electrons. The third-order valence-electron chi connectivity index (χ3n) is 1.39. The molecule has 0 bridgehead atoms. The zero-order chi connectivity index (χ0) is 26.1. The zero-order valence-electron chi connectivity index (χ0n) is 14.4. The Bertz CT molecular complexity index is 520. The quantitative estimate of drug-likeness (QED) is 0.0818. The maximum absolute atomic E-state index is 12.7. The average molecular weight is 475 g/mol. The van der Waals surface area contributed by atoms with E-state index in [4.69, 9.17) is 70.3 Å². The van der Waals surface area contributed by atoms with Crippen LogP contribution in [0.1, 0.15) is 0 Å². The van der Waals surface area contributed by atoms with E-state index in [1.54, 1.807) is 0 Å². The largest absolute Gasteiger partial charge is 0.707 e. The molecule has 0 amide bonds. The van der Waals surface area contributed by atoms with Crippen LogP contribution in [0, 0.1) is 29.1 Å². The first-order valence-electron chi connectivity index (χ1n) is 6.50. The normalized spacial score (nSPS) is 8.48. The van der Waals surface area contributed by atoms with Crippen LogP contribution < -0.4 is 4.65 Å². The SMILES string of the molecule is OB(O)O.OB(O)O.OB(O)O.OB(O)O.OB(O)Oc1c(F)c(F)c(F)c(F)c1F. The molecule has 0 saturated carbocycles. The molecular weight excluding hydrogens is 461 g/mol. The van der Waals surface area contributed by atoms with Gasteiger partial charge in [0, 0.05) is 0 Å². The van der Waals surface area contributed by atoms with Gasteiger partial charge in [0.05, 0.1) is 0 Å². The maximum atomic E-state index is 12.7. The van der Waals surface area contributed by atoms with E-state index in [9.17, 15) is 22.0 Å². The van der Waals surface area contributed by atoms with Gasteiger partial charge in [0.2, 0.25) is 29.1 Å². The summed E-state index contributed by atoms with van der Waals surface area (Å²) in [5, 5.41) is 102. The Morgan fingerprint density at radius 2 is 0.548 bits per heavy atom. The number of hydrogen-bond donors (Lipinski definition) is 14. The van der Waals surface area contributed by atoms with Gasteiger partial charge in [0.15, 0.2) is 5.75 Å². The van der Waals surface area contributed by atoms with E-state index in [-0.39, 0.29) is 0 Å². The van der Waals surface area contributed by atoms with Crippen LogP contribution in [-0.4, -0.2) is 107 Å². The van der Waals surface area contributed by atoms with Crippen LogP contribution in [0.15, 0.2) is 0 Å². The predicted octanol–water partition coefficient (Wildman–Crippen LogP) is -7.48. The minimum absolute atomic E-state index is 1.75. The summed E-state index contributed by atoms with van der Waals surface area (Å²) in [5.41, 5.74) is 0. The first-order chi connectivity index (χ1) is 13.8. The molecular formula is C6H14B5F5O15. The third-order valence-corrected chi connectivity index (χ3v) is 1.39. The molecule has 178 valence electrons. The Labute approximate surface area is 169 Å². The molecule has 0 aliphatic rings. The fraction of sp³-hybridized carbons (Fsp3) is 0. The Balaban J connectivity index is -0.000000187. The molecule has 0 heterocycles. The van der Waals surface area contributed by atoms with Crippen LogP contribution in [0.3, 0.4) is 0 Å². The summed E-state index contributed by atoms with van der Waals surface area (Å²) in [6, 6.07) is 0. The minimum Gasteiger partial charge on any atom is -0.507 e. The van der Waals surface area contributed by atoms with E-state index >= 15 is 0 Å². The topological polar surface area (TPSA) is 292 Å². The van der Waals surface area contributed by atoms with Gasteiger partial charge >= 0.3 is 36.6 Å². The second-order valence-corrected chi connectivity index (χ2v) is 3.73. The summed E-state index contributed by atoms with van der Waals surface area (Å²) < 4.78 is 66.3. The van der Waals surface area contributed by atoms with Gasteiger partial charge < -0.3 is 75.0 Å². The van der Waals surface area contributed by atoms with Gasteiger partial charge in [-0.15, -0.1) is 0 Å². The van der Waals surface area contributed by atoms with Gasteiger partial charge in [-0.3, -0.25) is 0 Å². The molecule has 0 aromatic heterocycles. The van der Waals surface area contributed by atoms with Gasteiger partial charge in [0.25, 0.3) is 0 Å². The Kier molecular flexibility index (Phi) is 24.1. The molecule has 0 aliphatic heterocycles. The lowest BCUT2D eigenvalue weighted by Gasteiger charge is -2.08. The predicted molar refractivity (Wildman–Crippen MR) is 86.7 cm³/mol. The second-order valence-electron chi connectivity index (χ2n) is 3.73. The number of hydrogen-bond acceptors (Lipinski definition) is 15. The van der Waals surface area contributed by atoms with Crippen molar-refractivity contribution in [1.29, 1.82) is 0 Å². The van der Waals surface area contributed by atoms with E-state index < -0.39 is 71.4 Å². The van der Waals surface area contributed by atoms with Crippen LogP contribution in [0.4, 0.5) is 22.0 Å². The summed E-state index contributed by atoms with van der Waals surface area (Å²) in [5.74, 6) is -13.1. The van der Waals surface area contributed by atoms with Gasteiger partial charge in [-0.25, -0.2) is 13.2 Å². The van der Waals surface area contributed by atoms with E-state index in [0.29, 0.717) is 0 Å². The Morgan fingerprint density at radius 1 is 0.387 bits per heavy atom. The standard InChI is InChI=1S/C6H2BF5O3.4BH3O3/c8-1-2(9)4(11)6(15-7(13)14)5(12)3(1)10;4*2-1(3)4/h13-14H;4*2-4H. The smallest absolute Gasteiger partial charge is 0.507 e. The van der Waals surface area contributed by atoms with Crippen LogP contribution in [-0.2, 0) is 0 Å². The van der Waals surface area contributed by atoms with Crippen molar-refractivity contribution in [1.82, 2.24) is 0 Å². The molecule has 0 aliphatic carbocycles. The molecule has 14 N–H and O–H groups in total. The zero-order valence-corrected chi connectivity index (χ0v) is 14.4. The molecule has 15 nitrogen and oxygen atoms in total. The average Bonchev–Trinajstić information content (AvgIpc) is 2.53. The summed E-state index contributed by atoms with van der Waals surface area (Å²) in [7, 11) is -11.4. The molecule has 25 heteroatoms. The molecule has 1 aromatic carbocycles. The molecule has 1 rings (SSSR count). The number of rotatable bonds is 2. The third kappa shape index (κ3) is 28.4. The molecule has 0 atom stereocenters. The highest BCUT2D eigenvalue weighted by molar-refractivity contribution is 6.33. The van der Waals surface area contributed by atoms with Crippen LogP contribution in [0.5, 0.6) is 5.75 Å². The Morgan fingerprint density at radius 3 is 0.710 bits per heavy atom. The number of halogens is 5. The van der Waals surface area contributed by atoms with E-state index in [1.807, 2.05) is 0 Å². The highest BCUT2D eigenvalue weighted by Crippen LogP contribution is 2.28. The summed E-state index contributed by atoms with van der Waals surface area (Å²) >= 11 is 0. The highest BCUT2D eigenvalue weighted by Gasteiger charge is 2.29. The van der Waals surface area contributed by atoms with Crippen molar-refractivity contribution < 1.29 is 96.9 Å². The van der Waals surface area contributed by atoms with Crippen LogP contribution >= 0.6 is 0 Å². The lowest BCUT2D eigenvalue weighted by Crippen LogP contribution is -2.23. The monoisotopic (exact) mass is 476 g/mol. The molecule has 0 saturated heterocycles. The molecule has 31 heavy (non-hydrogen) atoms. The van der Waals surface area contributed by atoms with Gasteiger partial charge in [-0.2, -0.15) is 8.78 Å². The highest BCUT2D eigenvalue weighted by atomic mass is 19.2. The summed E-state index contributed by atoms with van der Waals surface area (Å²) in [4.78, 5) is 0. The van der Waals surface area contributed by atoms with Crippen LogP contribution in [0.2, 0.25) is 0 Å². The Hall–Kier alpha value is -1.57. The second kappa shape index (κ2) is 20.3. The van der Waals surface area contributed by atoms with Gasteiger partial charge in [0.1, 0.15) is 0 Å². The van der Waals surface area contributed by atoms with Gasteiger partial charge in [-0.05, 0) is 0 Å². The van der Waals surface area contributed by atoms with Crippen LogP contribution in [0.25, 0.3) is 0 Å². The minimum atomic E-state index is -2.70. The first-order valence-corrected chi connectivity index (χ1v) is 6.50. The lowest BCUT2D eigenvalue weighted by molar-refractivity contribution is 0.263. The van der Waals surface area contributed by atoms with E-state index in [0.717, 1.165) is 0 Å². The first kappa shape index (κ1) is 36.8. The van der Waals surface area contributed by atoms with E-state index in [2.05, 4.69) is 4.65 Å². The van der Waals surface area contributed by atoms with Crippen molar-refractivity contribution in [3.05, 3.63) is 29.1 Å². The fourth-order valence-electron chi connectivity index (χ4n) is 0.794.